The van der Waals surface area contributed by atoms with E-state index in [4.69, 9.17) is 0 Å². The van der Waals surface area contributed by atoms with Gasteiger partial charge in [-0.2, -0.15) is 0 Å². The summed E-state index contributed by atoms with van der Waals surface area (Å²) in [6.45, 7) is 16.7. The fourth-order valence-corrected chi connectivity index (χ4v) is 2.95. The molecule has 0 aromatic carbocycles. The quantitative estimate of drug-likeness (QED) is 0.531. The van der Waals surface area contributed by atoms with Gasteiger partial charge >= 0.3 is 0 Å². The summed E-state index contributed by atoms with van der Waals surface area (Å²) in [6.07, 6.45) is 4.15. The molecule has 15 heavy (non-hydrogen) atoms. The first-order chi connectivity index (χ1) is 6.91. The van der Waals surface area contributed by atoms with Crippen LogP contribution in [-0.4, -0.2) is 0 Å². The third-order valence-corrected chi connectivity index (χ3v) is 4.10. The number of hydrogen-bond donors (Lipinski definition) is 0. The summed E-state index contributed by atoms with van der Waals surface area (Å²) in [5, 5.41) is 0. The van der Waals surface area contributed by atoms with Crippen molar-refractivity contribution in [3.8, 4) is 0 Å². The van der Waals surface area contributed by atoms with Crippen LogP contribution in [0.2, 0.25) is 0 Å². The summed E-state index contributed by atoms with van der Waals surface area (Å²) in [5.41, 5.74) is 0. The highest BCUT2D eigenvalue weighted by molar-refractivity contribution is 4.76. The third-order valence-electron chi connectivity index (χ3n) is 4.10. The monoisotopic (exact) mass is 212 g/mol. The second kappa shape index (κ2) is 7.30. The first-order valence-electron chi connectivity index (χ1n) is 6.91. The molecule has 0 heterocycles. The van der Waals surface area contributed by atoms with Gasteiger partial charge in [-0.1, -0.05) is 67.7 Å². The molecule has 0 fully saturated rings. The molecule has 0 N–H and O–H groups in total. The van der Waals surface area contributed by atoms with E-state index < -0.39 is 0 Å². The topological polar surface area (TPSA) is 0 Å². The van der Waals surface area contributed by atoms with Crippen molar-refractivity contribution in [2.45, 2.75) is 67.7 Å². The van der Waals surface area contributed by atoms with E-state index in [1.54, 1.807) is 0 Å². The molecule has 0 amide bonds. The Morgan fingerprint density at radius 2 is 1.33 bits per heavy atom. The Hall–Kier alpha value is 0. The molecule has 0 bridgehead atoms. The van der Waals surface area contributed by atoms with Crippen LogP contribution in [0.1, 0.15) is 67.7 Å². The molecular formula is C15H32. The lowest BCUT2D eigenvalue weighted by Crippen LogP contribution is -2.28. The summed E-state index contributed by atoms with van der Waals surface area (Å²) in [5.74, 6) is 4.30. The predicted molar refractivity (Wildman–Crippen MR) is 71.0 cm³/mol. The molecule has 92 valence electrons. The Balaban J connectivity index is 4.37. The lowest BCUT2D eigenvalue weighted by atomic mass is 9.70. The lowest BCUT2D eigenvalue weighted by molar-refractivity contribution is 0.140. The maximum atomic E-state index is 2.46. The maximum absolute atomic E-state index is 2.46. The maximum Gasteiger partial charge on any atom is -0.0337 e. The molecule has 0 aliphatic heterocycles. The van der Waals surface area contributed by atoms with Crippen LogP contribution >= 0.6 is 0 Å². The molecule has 0 aromatic rings. The molecular weight excluding hydrogens is 180 g/mol. The Morgan fingerprint density at radius 3 is 1.67 bits per heavy atom. The highest BCUT2D eigenvalue weighted by Crippen LogP contribution is 2.35. The zero-order valence-electron chi connectivity index (χ0n) is 12.0. The molecule has 0 nitrogen and oxygen atoms in total. The Morgan fingerprint density at radius 1 is 0.800 bits per heavy atom. The highest BCUT2D eigenvalue weighted by atomic mass is 14.3. The van der Waals surface area contributed by atoms with Gasteiger partial charge in [0.2, 0.25) is 0 Å². The molecule has 0 spiro atoms. The van der Waals surface area contributed by atoms with Crippen LogP contribution in [0.15, 0.2) is 0 Å². The van der Waals surface area contributed by atoms with Gasteiger partial charge in [0, 0.05) is 0 Å². The molecule has 3 atom stereocenters. The van der Waals surface area contributed by atoms with E-state index in [9.17, 15) is 0 Å². The Bertz CT molecular complexity index is 146. The van der Waals surface area contributed by atoms with Crippen LogP contribution in [-0.2, 0) is 0 Å². The van der Waals surface area contributed by atoms with Crippen LogP contribution in [0, 0.1) is 29.6 Å². The van der Waals surface area contributed by atoms with Gasteiger partial charge in [0.15, 0.2) is 0 Å². The van der Waals surface area contributed by atoms with E-state index in [0.717, 1.165) is 29.6 Å². The minimum Gasteiger partial charge on any atom is -0.0654 e. The van der Waals surface area contributed by atoms with Gasteiger partial charge in [0.05, 0.1) is 0 Å². The number of rotatable bonds is 7. The van der Waals surface area contributed by atoms with Crippen LogP contribution in [0.25, 0.3) is 0 Å². The number of hydrogen-bond acceptors (Lipinski definition) is 0. The Kier molecular flexibility index (Phi) is 7.30. The summed E-state index contributed by atoms with van der Waals surface area (Å²) in [6, 6.07) is 0. The molecule has 0 radical (unpaired) electrons. The van der Waals surface area contributed by atoms with Crippen molar-refractivity contribution >= 4 is 0 Å². The van der Waals surface area contributed by atoms with Gasteiger partial charge in [-0.15, -0.1) is 0 Å². The van der Waals surface area contributed by atoms with Crippen molar-refractivity contribution in [1.82, 2.24) is 0 Å². The van der Waals surface area contributed by atoms with Crippen LogP contribution in [0.5, 0.6) is 0 Å². The van der Waals surface area contributed by atoms with Gasteiger partial charge in [0.25, 0.3) is 0 Å². The van der Waals surface area contributed by atoms with Crippen LogP contribution in [0.4, 0.5) is 0 Å². The predicted octanol–water partition coefficient (Wildman–Crippen LogP) is 5.38. The number of unbranched alkanes of at least 4 members (excludes halogenated alkanes) is 1. The smallest absolute Gasteiger partial charge is 0.0337 e. The van der Waals surface area contributed by atoms with Crippen molar-refractivity contribution in [3.63, 3.8) is 0 Å². The fraction of sp³-hybridized carbons (Fsp3) is 1.00. The second-order valence-electron chi connectivity index (χ2n) is 6.04. The normalized spacial score (nSPS) is 18.2. The molecule has 0 saturated carbocycles. The minimum atomic E-state index is 0.821. The summed E-state index contributed by atoms with van der Waals surface area (Å²) >= 11 is 0. The van der Waals surface area contributed by atoms with Crippen molar-refractivity contribution in [2.24, 2.45) is 29.6 Å². The highest BCUT2D eigenvalue weighted by Gasteiger charge is 2.27. The molecule has 0 aromatic heterocycles. The largest absolute Gasteiger partial charge is 0.0654 e. The van der Waals surface area contributed by atoms with E-state index >= 15 is 0 Å². The van der Waals surface area contributed by atoms with E-state index in [1.807, 2.05) is 0 Å². The van der Waals surface area contributed by atoms with E-state index in [1.165, 1.54) is 19.3 Å². The third kappa shape index (κ3) is 5.04. The molecule has 0 aliphatic rings. The van der Waals surface area contributed by atoms with E-state index in [2.05, 4.69) is 48.5 Å². The standard InChI is InChI=1S/C15H32/c1-8-9-10-13(6)15(12(4)5)14(7)11(2)3/h11-15H,8-10H2,1-7H3. The molecule has 0 heteroatoms. The minimum absolute atomic E-state index is 0.821. The lowest BCUT2D eigenvalue weighted by Gasteiger charge is -2.35. The van der Waals surface area contributed by atoms with Gasteiger partial charge in [-0.05, 0) is 29.6 Å². The first kappa shape index (κ1) is 15.0. The van der Waals surface area contributed by atoms with Crippen molar-refractivity contribution < 1.29 is 0 Å². The van der Waals surface area contributed by atoms with Gasteiger partial charge in [-0.3, -0.25) is 0 Å². The summed E-state index contributed by atoms with van der Waals surface area (Å²) in [7, 11) is 0. The van der Waals surface area contributed by atoms with Crippen LogP contribution in [0.3, 0.4) is 0 Å². The van der Waals surface area contributed by atoms with Crippen molar-refractivity contribution in [1.29, 1.82) is 0 Å². The van der Waals surface area contributed by atoms with Gasteiger partial charge < -0.3 is 0 Å². The SMILES string of the molecule is CCCCC(C)C(C(C)C)C(C)C(C)C. The van der Waals surface area contributed by atoms with Crippen LogP contribution < -0.4 is 0 Å². The average molecular weight is 212 g/mol. The average Bonchev–Trinajstić information content (AvgIpc) is 2.14. The Labute approximate surface area is 97.8 Å². The zero-order chi connectivity index (χ0) is 12.0. The van der Waals surface area contributed by atoms with Crippen molar-refractivity contribution in [2.75, 3.05) is 0 Å². The molecule has 0 aliphatic carbocycles. The van der Waals surface area contributed by atoms with E-state index in [-0.39, 0.29) is 0 Å². The summed E-state index contributed by atoms with van der Waals surface area (Å²) < 4.78 is 0. The molecule has 3 unspecified atom stereocenters. The van der Waals surface area contributed by atoms with E-state index in [0.29, 0.717) is 0 Å². The fourth-order valence-electron chi connectivity index (χ4n) is 2.95. The van der Waals surface area contributed by atoms with Gasteiger partial charge in [-0.25, -0.2) is 0 Å². The first-order valence-corrected chi connectivity index (χ1v) is 6.91. The van der Waals surface area contributed by atoms with Gasteiger partial charge in [0.1, 0.15) is 0 Å². The zero-order valence-corrected chi connectivity index (χ0v) is 12.0. The van der Waals surface area contributed by atoms with Crippen molar-refractivity contribution in [3.05, 3.63) is 0 Å². The second-order valence-corrected chi connectivity index (χ2v) is 6.04. The molecule has 0 rings (SSSR count). The molecule has 0 saturated heterocycles. The summed E-state index contributed by atoms with van der Waals surface area (Å²) in [4.78, 5) is 0.